The fraction of sp³-hybridized carbons (Fsp3) is 0.462. The monoisotopic (exact) mass is 320 g/mol. The van der Waals surface area contributed by atoms with Crippen LogP contribution in [-0.2, 0) is 4.79 Å². The first kappa shape index (κ1) is 17.7. The molecule has 0 radical (unpaired) electrons. The van der Waals surface area contributed by atoms with E-state index < -0.39 is 24.7 Å². The minimum absolute atomic E-state index is 0.0784. The third kappa shape index (κ3) is 6.91. The third-order valence-corrected chi connectivity index (χ3v) is 2.51. The van der Waals surface area contributed by atoms with E-state index in [1.807, 2.05) is 0 Å². The zero-order valence-corrected chi connectivity index (χ0v) is 11.7. The lowest BCUT2D eigenvalue weighted by molar-refractivity contribution is -0.154. The Kier molecular flexibility index (Phi) is 6.14. The van der Waals surface area contributed by atoms with Crippen LogP contribution in [0.25, 0.3) is 0 Å². The van der Waals surface area contributed by atoms with E-state index in [0.29, 0.717) is 0 Å². The van der Waals surface area contributed by atoms with Crippen molar-refractivity contribution in [1.29, 1.82) is 0 Å². The molecule has 1 unspecified atom stereocenters. The van der Waals surface area contributed by atoms with Crippen molar-refractivity contribution in [2.45, 2.75) is 19.5 Å². The van der Waals surface area contributed by atoms with Crippen molar-refractivity contribution < 1.29 is 32.6 Å². The van der Waals surface area contributed by atoms with Gasteiger partial charge in [0.05, 0.1) is 0 Å². The van der Waals surface area contributed by atoms with Crippen molar-refractivity contribution in [3.8, 4) is 5.88 Å². The van der Waals surface area contributed by atoms with Crippen LogP contribution in [0, 0.1) is 5.92 Å². The average molecular weight is 320 g/mol. The molecule has 0 bridgehead atoms. The van der Waals surface area contributed by atoms with E-state index in [2.05, 4.69) is 15.0 Å². The Morgan fingerprint density at radius 2 is 2.14 bits per heavy atom. The number of nitrogens with zero attached hydrogens (tertiary/aromatic N) is 1. The summed E-state index contributed by atoms with van der Waals surface area (Å²) in [6.45, 7) is 0.283. The van der Waals surface area contributed by atoms with Gasteiger partial charge in [-0.3, -0.25) is 9.59 Å². The molecule has 0 saturated heterocycles. The van der Waals surface area contributed by atoms with Crippen LogP contribution >= 0.6 is 0 Å². The van der Waals surface area contributed by atoms with E-state index in [1.54, 1.807) is 6.92 Å². The summed E-state index contributed by atoms with van der Waals surface area (Å²) in [6, 6.07) is 2.40. The predicted octanol–water partition coefficient (Wildman–Crippen LogP) is 1.86. The van der Waals surface area contributed by atoms with Crippen LogP contribution in [0.3, 0.4) is 0 Å². The van der Waals surface area contributed by atoms with Gasteiger partial charge in [-0.15, -0.1) is 0 Å². The fourth-order valence-corrected chi connectivity index (χ4v) is 1.52. The molecular weight excluding hydrogens is 305 g/mol. The van der Waals surface area contributed by atoms with E-state index in [9.17, 15) is 22.8 Å². The van der Waals surface area contributed by atoms with E-state index in [-0.39, 0.29) is 30.3 Å². The molecule has 1 atom stereocenters. The number of rotatable bonds is 7. The number of pyridine rings is 1. The Hall–Kier alpha value is -2.32. The number of alkyl halides is 3. The normalized spacial score (nSPS) is 12.5. The molecule has 6 nitrogen and oxygen atoms in total. The van der Waals surface area contributed by atoms with Gasteiger partial charge in [0.15, 0.2) is 6.61 Å². The highest BCUT2D eigenvalue weighted by Gasteiger charge is 2.28. The molecule has 0 aromatic carbocycles. The number of halogens is 3. The molecule has 0 aliphatic carbocycles. The maximum Gasteiger partial charge on any atom is 0.422 e. The first-order valence-electron chi connectivity index (χ1n) is 6.33. The van der Waals surface area contributed by atoms with Crippen LogP contribution < -0.4 is 10.1 Å². The Bertz CT molecular complexity index is 534. The minimum atomic E-state index is -4.49. The molecule has 9 heteroatoms. The molecule has 1 aromatic rings. The number of carbonyl (C=O) groups excluding carboxylic acids is 1. The average Bonchev–Trinajstić information content (AvgIpc) is 2.41. The molecule has 2 N–H and O–H groups in total. The number of amides is 1. The van der Waals surface area contributed by atoms with Gasteiger partial charge >= 0.3 is 12.1 Å². The van der Waals surface area contributed by atoms with Crippen molar-refractivity contribution in [3.05, 3.63) is 23.9 Å². The number of hydrogen-bond acceptors (Lipinski definition) is 4. The Balaban J connectivity index is 2.57. The predicted molar refractivity (Wildman–Crippen MR) is 69.5 cm³/mol. The van der Waals surface area contributed by atoms with Gasteiger partial charge in [-0.05, 0) is 12.0 Å². The Labute approximate surface area is 124 Å². The number of nitrogens with one attached hydrogen (secondary N) is 1. The maximum atomic E-state index is 12.0. The summed E-state index contributed by atoms with van der Waals surface area (Å²) in [4.78, 5) is 25.9. The molecule has 0 aliphatic heterocycles. The molecule has 0 saturated carbocycles. The van der Waals surface area contributed by atoms with Crippen molar-refractivity contribution in [1.82, 2.24) is 10.3 Å². The third-order valence-electron chi connectivity index (χ3n) is 2.51. The van der Waals surface area contributed by atoms with Gasteiger partial charge in [0.25, 0.3) is 5.91 Å². The van der Waals surface area contributed by atoms with Crippen LogP contribution in [0.2, 0.25) is 0 Å². The number of carboxylic acid groups (broad SMARTS) is 1. The smallest absolute Gasteiger partial charge is 0.422 e. The van der Waals surface area contributed by atoms with Crippen LogP contribution in [-0.4, -0.2) is 41.3 Å². The number of aliphatic carboxylic acids is 1. The summed E-state index contributed by atoms with van der Waals surface area (Å²) in [5, 5.41) is 11.1. The summed E-state index contributed by atoms with van der Waals surface area (Å²) in [6.07, 6.45) is -3.44. The lowest BCUT2D eigenvalue weighted by atomic mass is 10.1. The number of carbonyl (C=O) groups is 2. The van der Waals surface area contributed by atoms with Crippen LogP contribution in [0.1, 0.15) is 23.7 Å². The number of aromatic nitrogens is 1. The molecule has 122 valence electrons. The first-order valence-corrected chi connectivity index (χ1v) is 6.33. The van der Waals surface area contributed by atoms with Crippen LogP contribution in [0.15, 0.2) is 18.3 Å². The van der Waals surface area contributed by atoms with Gasteiger partial charge in [-0.25, -0.2) is 4.98 Å². The highest BCUT2D eigenvalue weighted by atomic mass is 19.4. The van der Waals surface area contributed by atoms with Crippen LogP contribution in [0.4, 0.5) is 13.2 Å². The molecule has 22 heavy (non-hydrogen) atoms. The SMILES string of the molecule is CC(CNC(=O)c1ccnc(OCC(F)(F)F)c1)CC(=O)O. The minimum Gasteiger partial charge on any atom is -0.481 e. The van der Waals surface area contributed by atoms with E-state index in [1.165, 1.54) is 6.07 Å². The zero-order valence-electron chi connectivity index (χ0n) is 11.7. The van der Waals surface area contributed by atoms with Crippen molar-refractivity contribution in [2.24, 2.45) is 5.92 Å². The summed E-state index contributed by atoms with van der Waals surface area (Å²) in [7, 11) is 0. The molecule has 1 aromatic heterocycles. The van der Waals surface area contributed by atoms with Gasteiger partial charge in [0.1, 0.15) is 0 Å². The largest absolute Gasteiger partial charge is 0.481 e. The van der Waals surface area contributed by atoms with Gasteiger partial charge in [-0.1, -0.05) is 6.92 Å². The number of hydrogen-bond donors (Lipinski definition) is 2. The lowest BCUT2D eigenvalue weighted by Gasteiger charge is -2.11. The van der Waals surface area contributed by atoms with Gasteiger partial charge in [0, 0.05) is 30.8 Å². The topological polar surface area (TPSA) is 88.5 Å². The highest BCUT2D eigenvalue weighted by Crippen LogP contribution is 2.17. The molecule has 1 rings (SSSR count). The van der Waals surface area contributed by atoms with Crippen molar-refractivity contribution >= 4 is 11.9 Å². The highest BCUT2D eigenvalue weighted by molar-refractivity contribution is 5.94. The Morgan fingerprint density at radius 1 is 1.45 bits per heavy atom. The summed E-state index contributed by atoms with van der Waals surface area (Å²) in [5.41, 5.74) is 0.0784. The molecule has 0 spiro atoms. The number of ether oxygens (including phenoxy) is 1. The fourth-order valence-electron chi connectivity index (χ4n) is 1.52. The number of carboxylic acids is 1. The zero-order chi connectivity index (χ0) is 16.8. The standard InChI is InChI=1S/C13H15F3N2O4/c1-8(4-11(19)20)6-18-12(21)9-2-3-17-10(5-9)22-7-13(14,15)16/h2-3,5,8H,4,6-7H2,1H3,(H,18,21)(H,19,20). The van der Waals surface area contributed by atoms with Crippen LogP contribution in [0.5, 0.6) is 5.88 Å². The van der Waals surface area contributed by atoms with Gasteiger partial charge < -0.3 is 15.2 Å². The van der Waals surface area contributed by atoms with Crippen molar-refractivity contribution in [2.75, 3.05) is 13.2 Å². The van der Waals surface area contributed by atoms with E-state index in [0.717, 1.165) is 12.3 Å². The maximum absolute atomic E-state index is 12.0. The van der Waals surface area contributed by atoms with Gasteiger partial charge in [-0.2, -0.15) is 13.2 Å². The van der Waals surface area contributed by atoms with Gasteiger partial charge in [0.2, 0.25) is 5.88 Å². The molecule has 1 amide bonds. The summed E-state index contributed by atoms with van der Waals surface area (Å²) >= 11 is 0. The second kappa shape index (κ2) is 7.62. The van der Waals surface area contributed by atoms with E-state index >= 15 is 0 Å². The van der Waals surface area contributed by atoms with E-state index in [4.69, 9.17) is 5.11 Å². The molecule has 0 aliphatic rings. The molecule has 1 heterocycles. The second-order valence-electron chi connectivity index (χ2n) is 4.70. The lowest BCUT2D eigenvalue weighted by Crippen LogP contribution is -2.29. The second-order valence-corrected chi connectivity index (χ2v) is 4.70. The summed E-state index contributed by atoms with van der Waals surface area (Å²) < 4.78 is 40.5. The Morgan fingerprint density at radius 3 is 2.73 bits per heavy atom. The summed E-state index contributed by atoms with van der Waals surface area (Å²) in [5.74, 6) is -2.11. The molecule has 0 fully saturated rings. The quantitative estimate of drug-likeness (QED) is 0.800. The molecular formula is C13H15F3N2O4. The first-order chi connectivity index (χ1) is 10.2. The van der Waals surface area contributed by atoms with Crippen molar-refractivity contribution in [3.63, 3.8) is 0 Å².